The highest BCUT2D eigenvalue weighted by Gasteiger charge is 2.41. The molecule has 1 fully saturated rings. The van der Waals surface area contributed by atoms with Gasteiger partial charge in [-0.1, -0.05) is 60.7 Å². The molecule has 0 N–H and O–H groups in total. The monoisotopic (exact) mass is 379 g/mol. The van der Waals surface area contributed by atoms with Crippen LogP contribution in [0.1, 0.15) is 51.2 Å². The lowest BCUT2D eigenvalue weighted by Gasteiger charge is -2.46. The van der Waals surface area contributed by atoms with E-state index < -0.39 is 0 Å². The van der Waals surface area contributed by atoms with Gasteiger partial charge in [0.15, 0.2) is 0 Å². The first-order valence-corrected chi connectivity index (χ1v) is 10.3. The van der Waals surface area contributed by atoms with Gasteiger partial charge in [-0.05, 0) is 56.1 Å². The fourth-order valence-electron chi connectivity index (χ4n) is 4.59. The predicted molar refractivity (Wildman–Crippen MR) is 114 cm³/mol. The van der Waals surface area contributed by atoms with Crippen LogP contribution in [-0.2, 0) is 22.5 Å². The van der Waals surface area contributed by atoms with Crippen LogP contribution in [0, 0.1) is 5.41 Å². The van der Waals surface area contributed by atoms with Crippen LogP contribution in [0.4, 0.5) is 0 Å². The Kier molecular flexibility index (Phi) is 6.56. The van der Waals surface area contributed by atoms with Crippen molar-refractivity contribution in [2.75, 3.05) is 13.2 Å². The fraction of sp³-hybridized carbons (Fsp3) is 0.480. The Morgan fingerprint density at radius 3 is 2.18 bits per heavy atom. The zero-order valence-electron chi connectivity index (χ0n) is 17.5. The van der Waals surface area contributed by atoms with Crippen molar-refractivity contribution < 1.29 is 9.53 Å². The number of nitrogens with zero attached hydrogens (tertiary/aromatic N) is 1. The lowest BCUT2D eigenvalue weighted by Crippen LogP contribution is -2.44. The molecule has 2 aromatic rings. The molecule has 3 rings (SSSR count). The maximum Gasteiger partial charge on any atom is 0.219 e. The molecule has 0 aromatic heterocycles. The Labute approximate surface area is 169 Å². The topological polar surface area (TPSA) is 29.5 Å². The molecule has 0 radical (unpaired) electrons. The highest BCUT2D eigenvalue weighted by molar-refractivity contribution is 5.73. The lowest BCUT2D eigenvalue weighted by molar-refractivity contribution is -0.131. The van der Waals surface area contributed by atoms with Crippen LogP contribution >= 0.6 is 0 Å². The molecule has 1 aliphatic rings. The van der Waals surface area contributed by atoms with Gasteiger partial charge in [-0.3, -0.25) is 4.79 Å². The summed E-state index contributed by atoms with van der Waals surface area (Å²) in [4.78, 5) is 14.3. The quantitative estimate of drug-likeness (QED) is 0.658. The number of rotatable bonds is 7. The van der Waals surface area contributed by atoms with E-state index in [9.17, 15) is 4.79 Å². The average Bonchev–Trinajstić information content (AvgIpc) is 2.66. The molecule has 0 bridgehead atoms. The Morgan fingerprint density at radius 1 is 1.00 bits per heavy atom. The van der Waals surface area contributed by atoms with E-state index in [4.69, 9.17) is 4.74 Å². The van der Waals surface area contributed by atoms with E-state index in [0.717, 1.165) is 38.8 Å². The van der Waals surface area contributed by atoms with Crippen molar-refractivity contribution in [3.8, 4) is 0 Å². The fourth-order valence-corrected chi connectivity index (χ4v) is 4.59. The lowest BCUT2D eigenvalue weighted by atomic mass is 9.68. The molecule has 1 atom stereocenters. The number of ether oxygens (including phenoxy) is 1. The van der Waals surface area contributed by atoms with Gasteiger partial charge in [0, 0.05) is 26.6 Å². The number of hydrogen-bond acceptors (Lipinski definition) is 2. The first-order valence-electron chi connectivity index (χ1n) is 10.3. The third kappa shape index (κ3) is 5.68. The van der Waals surface area contributed by atoms with E-state index in [1.807, 2.05) is 23.1 Å². The zero-order chi connectivity index (χ0) is 20.0. The largest absolute Gasteiger partial charge is 0.376 e. The molecule has 0 aliphatic carbocycles. The first kappa shape index (κ1) is 20.6. The SMILES string of the molecule is CC(=O)N(CCC1(Cc2ccccc2)CCOC(C)(C)C1)Cc1ccccc1. The minimum atomic E-state index is -0.118. The smallest absolute Gasteiger partial charge is 0.219 e. The van der Waals surface area contributed by atoms with Crippen LogP contribution < -0.4 is 0 Å². The minimum absolute atomic E-state index is 0.118. The van der Waals surface area contributed by atoms with Gasteiger partial charge in [0.1, 0.15) is 0 Å². The summed E-state index contributed by atoms with van der Waals surface area (Å²) in [6.07, 6.45) is 4.10. The van der Waals surface area contributed by atoms with Crippen molar-refractivity contribution >= 4 is 5.91 Å². The van der Waals surface area contributed by atoms with Gasteiger partial charge in [0.25, 0.3) is 0 Å². The second kappa shape index (κ2) is 8.91. The highest BCUT2D eigenvalue weighted by Crippen LogP contribution is 2.44. The number of hydrogen-bond donors (Lipinski definition) is 0. The molecular formula is C25H33NO2. The molecule has 1 unspecified atom stereocenters. The van der Waals surface area contributed by atoms with Crippen LogP contribution in [0.2, 0.25) is 0 Å². The standard InChI is InChI=1S/C25H33NO2/c1-21(27)26(19-23-12-8-5-9-13-23)16-14-25(15-17-28-24(2,3)20-25)18-22-10-6-4-7-11-22/h4-13H,14-20H2,1-3H3. The van der Waals surface area contributed by atoms with E-state index in [2.05, 4.69) is 56.3 Å². The second-order valence-corrected chi connectivity index (χ2v) is 8.87. The van der Waals surface area contributed by atoms with E-state index in [0.29, 0.717) is 6.54 Å². The van der Waals surface area contributed by atoms with Crippen molar-refractivity contribution in [2.45, 2.75) is 58.6 Å². The van der Waals surface area contributed by atoms with Crippen LogP contribution in [0.3, 0.4) is 0 Å². The molecule has 0 spiro atoms. The summed E-state index contributed by atoms with van der Waals surface area (Å²) >= 11 is 0. The molecule has 3 heteroatoms. The van der Waals surface area contributed by atoms with Gasteiger partial charge < -0.3 is 9.64 Å². The average molecular weight is 380 g/mol. The Balaban J connectivity index is 1.75. The van der Waals surface area contributed by atoms with Crippen molar-refractivity contribution in [3.05, 3.63) is 71.8 Å². The van der Waals surface area contributed by atoms with Crippen LogP contribution in [-0.4, -0.2) is 29.6 Å². The summed E-state index contributed by atoms with van der Waals surface area (Å²) in [7, 11) is 0. The minimum Gasteiger partial charge on any atom is -0.376 e. The molecule has 0 saturated carbocycles. The van der Waals surface area contributed by atoms with Gasteiger partial charge in [-0.2, -0.15) is 0 Å². The molecule has 2 aromatic carbocycles. The predicted octanol–water partition coefficient (Wildman–Crippen LogP) is 5.24. The van der Waals surface area contributed by atoms with Gasteiger partial charge >= 0.3 is 0 Å². The van der Waals surface area contributed by atoms with E-state index in [1.165, 1.54) is 11.1 Å². The molecule has 28 heavy (non-hydrogen) atoms. The summed E-state index contributed by atoms with van der Waals surface area (Å²) < 4.78 is 6.03. The maximum atomic E-state index is 12.3. The number of amides is 1. The number of carbonyl (C=O) groups is 1. The third-order valence-corrected chi connectivity index (χ3v) is 5.92. The Bertz CT molecular complexity index is 757. The van der Waals surface area contributed by atoms with Crippen molar-refractivity contribution in [2.24, 2.45) is 5.41 Å². The molecule has 1 saturated heterocycles. The number of carbonyl (C=O) groups excluding carboxylic acids is 1. The van der Waals surface area contributed by atoms with Gasteiger partial charge in [-0.25, -0.2) is 0 Å². The van der Waals surface area contributed by atoms with Gasteiger partial charge in [0.05, 0.1) is 5.60 Å². The van der Waals surface area contributed by atoms with E-state index in [-0.39, 0.29) is 16.9 Å². The first-order chi connectivity index (χ1) is 13.4. The van der Waals surface area contributed by atoms with Crippen LogP contribution in [0.15, 0.2) is 60.7 Å². The van der Waals surface area contributed by atoms with Crippen molar-refractivity contribution in [1.82, 2.24) is 4.90 Å². The molecule has 3 nitrogen and oxygen atoms in total. The summed E-state index contributed by atoms with van der Waals surface area (Å²) in [5, 5.41) is 0. The summed E-state index contributed by atoms with van der Waals surface area (Å²) in [6.45, 7) is 8.32. The summed E-state index contributed by atoms with van der Waals surface area (Å²) in [5.41, 5.74) is 2.60. The third-order valence-electron chi connectivity index (χ3n) is 5.92. The zero-order valence-corrected chi connectivity index (χ0v) is 17.5. The molecular weight excluding hydrogens is 346 g/mol. The number of benzene rings is 2. The van der Waals surface area contributed by atoms with E-state index in [1.54, 1.807) is 6.92 Å². The Hall–Kier alpha value is -2.13. The van der Waals surface area contributed by atoms with Crippen molar-refractivity contribution in [3.63, 3.8) is 0 Å². The molecule has 150 valence electrons. The summed E-state index contributed by atoms with van der Waals surface area (Å²) in [6, 6.07) is 21.0. The molecule has 1 amide bonds. The Morgan fingerprint density at radius 2 is 1.61 bits per heavy atom. The highest BCUT2D eigenvalue weighted by atomic mass is 16.5. The van der Waals surface area contributed by atoms with Gasteiger partial charge in [-0.15, -0.1) is 0 Å². The maximum absolute atomic E-state index is 12.3. The van der Waals surface area contributed by atoms with Crippen LogP contribution in [0.25, 0.3) is 0 Å². The van der Waals surface area contributed by atoms with Crippen LogP contribution in [0.5, 0.6) is 0 Å². The van der Waals surface area contributed by atoms with Gasteiger partial charge in [0.2, 0.25) is 5.91 Å². The second-order valence-electron chi connectivity index (χ2n) is 8.87. The molecule has 1 heterocycles. The molecule has 1 aliphatic heterocycles. The van der Waals surface area contributed by atoms with E-state index >= 15 is 0 Å². The normalized spacial score (nSPS) is 21.2. The summed E-state index contributed by atoms with van der Waals surface area (Å²) in [5.74, 6) is 0.144. The van der Waals surface area contributed by atoms with Crippen molar-refractivity contribution in [1.29, 1.82) is 0 Å².